The summed E-state index contributed by atoms with van der Waals surface area (Å²) in [5.41, 5.74) is 0.558. The molecule has 20 heavy (non-hydrogen) atoms. The molecule has 0 spiro atoms. The van der Waals surface area contributed by atoms with Crippen LogP contribution in [-0.4, -0.2) is 17.0 Å². The van der Waals surface area contributed by atoms with Gasteiger partial charge in [0.2, 0.25) is 0 Å². The van der Waals surface area contributed by atoms with Crippen molar-refractivity contribution in [2.24, 2.45) is 0 Å². The second kappa shape index (κ2) is 5.83. The second-order valence-electron chi connectivity index (χ2n) is 3.73. The summed E-state index contributed by atoms with van der Waals surface area (Å²) in [6, 6.07) is 5.75. The Morgan fingerprint density at radius 2 is 1.80 bits per heavy atom. The topological polar surface area (TPSA) is 65.3 Å². The molecule has 0 N–H and O–H groups in total. The predicted molar refractivity (Wildman–Crippen MR) is 77.9 cm³/mol. The van der Waals surface area contributed by atoms with E-state index in [-0.39, 0.29) is 11.6 Å². The number of rotatable bonds is 3. The summed E-state index contributed by atoms with van der Waals surface area (Å²) in [7, 11) is 1.30. The molecule has 0 radical (unpaired) electrons. The average molecular weight is 334 g/mol. The van der Waals surface area contributed by atoms with E-state index in [9.17, 15) is 10.1 Å². The molecule has 0 amide bonds. The van der Waals surface area contributed by atoms with Crippen molar-refractivity contribution in [3.63, 3.8) is 0 Å². The van der Waals surface area contributed by atoms with Crippen LogP contribution in [-0.2, 0) is 0 Å². The first-order valence-corrected chi connectivity index (χ1v) is 6.41. The predicted octanol–water partition coefficient (Wildman–Crippen LogP) is 4.63. The van der Waals surface area contributed by atoms with Crippen molar-refractivity contribution >= 4 is 40.5 Å². The Morgan fingerprint density at radius 3 is 2.30 bits per heavy atom. The zero-order valence-electron chi connectivity index (χ0n) is 10.1. The van der Waals surface area contributed by atoms with E-state index in [1.807, 2.05) is 0 Å². The van der Waals surface area contributed by atoms with Gasteiger partial charge in [0.05, 0.1) is 27.8 Å². The van der Waals surface area contributed by atoms with Crippen LogP contribution in [0.3, 0.4) is 0 Å². The summed E-state index contributed by atoms with van der Waals surface area (Å²) in [4.78, 5) is 14.3. The standard InChI is InChI=1S/C12H7Cl3N2O3/c1-20-12-10(17(18)19)3-2-9(16-12)11-7(14)4-6(13)5-8(11)15/h2-5H,1H3. The lowest BCUT2D eigenvalue weighted by Crippen LogP contribution is -1.97. The number of hydrogen-bond acceptors (Lipinski definition) is 4. The normalized spacial score (nSPS) is 10.4. The minimum Gasteiger partial charge on any atom is -0.476 e. The molecule has 2 rings (SSSR count). The summed E-state index contributed by atoms with van der Waals surface area (Å²) >= 11 is 18.0. The van der Waals surface area contributed by atoms with Gasteiger partial charge in [-0.2, -0.15) is 0 Å². The van der Waals surface area contributed by atoms with Crippen LogP contribution < -0.4 is 4.74 Å². The van der Waals surface area contributed by atoms with E-state index in [2.05, 4.69) is 4.98 Å². The van der Waals surface area contributed by atoms with Gasteiger partial charge in [-0.15, -0.1) is 0 Å². The van der Waals surface area contributed by atoms with Gasteiger partial charge in [0.1, 0.15) is 0 Å². The van der Waals surface area contributed by atoms with Crippen LogP contribution in [0.25, 0.3) is 11.3 Å². The van der Waals surface area contributed by atoms with E-state index >= 15 is 0 Å². The van der Waals surface area contributed by atoms with E-state index in [1.165, 1.54) is 31.4 Å². The molecule has 1 aromatic carbocycles. The third-order valence-electron chi connectivity index (χ3n) is 2.49. The monoisotopic (exact) mass is 332 g/mol. The summed E-state index contributed by atoms with van der Waals surface area (Å²) in [6.07, 6.45) is 0. The SMILES string of the molecule is COc1nc(-c2c(Cl)cc(Cl)cc2Cl)ccc1[N+](=O)[O-]. The Kier molecular flexibility index (Phi) is 4.32. The maximum atomic E-state index is 10.8. The lowest BCUT2D eigenvalue weighted by Gasteiger charge is -2.08. The van der Waals surface area contributed by atoms with Gasteiger partial charge in [-0.3, -0.25) is 10.1 Å². The molecule has 5 nitrogen and oxygen atoms in total. The third-order valence-corrected chi connectivity index (χ3v) is 3.31. The Hall–Kier alpha value is -1.56. The number of ether oxygens (including phenoxy) is 1. The molecule has 1 aromatic heterocycles. The maximum absolute atomic E-state index is 10.8. The van der Waals surface area contributed by atoms with Crippen LogP contribution in [0, 0.1) is 10.1 Å². The largest absolute Gasteiger partial charge is 0.476 e. The molecule has 1 heterocycles. The zero-order chi connectivity index (χ0) is 14.9. The highest BCUT2D eigenvalue weighted by atomic mass is 35.5. The first kappa shape index (κ1) is 14.8. The lowest BCUT2D eigenvalue weighted by atomic mass is 10.1. The highest BCUT2D eigenvalue weighted by Crippen LogP contribution is 2.38. The minimum absolute atomic E-state index is 0.116. The Balaban J connectivity index is 2.63. The van der Waals surface area contributed by atoms with Crippen LogP contribution in [0.1, 0.15) is 0 Å². The van der Waals surface area contributed by atoms with Crippen molar-refractivity contribution < 1.29 is 9.66 Å². The number of methoxy groups -OCH3 is 1. The molecule has 2 aromatic rings. The van der Waals surface area contributed by atoms with Gasteiger partial charge >= 0.3 is 5.69 Å². The van der Waals surface area contributed by atoms with Gasteiger partial charge in [0, 0.05) is 16.7 Å². The molecule has 0 bridgehead atoms. The van der Waals surface area contributed by atoms with Gasteiger partial charge in [0.25, 0.3) is 5.88 Å². The number of aromatic nitrogens is 1. The van der Waals surface area contributed by atoms with Crippen LogP contribution in [0.2, 0.25) is 15.1 Å². The van der Waals surface area contributed by atoms with E-state index in [0.29, 0.717) is 26.3 Å². The fraction of sp³-hybridized carbons (Fsp3) is 0.0833. The highest BCUT2D eigenvalue weighted by molar-refractivity contribution is 6.41. The van der Waals surface area contributed by atoms with Gasteiger partial charge in [0.15, 0.2) is 0 Å². The van der Waals surface area contributed by atoms with Crippen molar-refractivity contribution in [2.45, 2.75) is 0 Å². The van der Waals surface area contributed by atoms with Crippen LogP contribution in [0.5, 0.6) is 5.88 Å². The van der Waals surface area contributed by atoms with Crippen LogP contribution >= 0.6 is 34.8 Å². The molecule has 0 atom stereocenters. The maximum Gasteiger partial charge on any atom is 0.330 e. The first-order valence-electron chi connectivity index (χ1n) is 5.28. The van der Waals surface area contributed by atoms with Crippen molar-refractivity contribution in [1.29, 1.82) is 0 Å². The summed E-state index contributed by atoms with van der Waals surface area (Å²) in [6.45, 7) is 0. The van der Waals surface area contributed by atoms with Crippen molar-refractivity contribution in [1.82, 2.24) is 4.98 Å². The zero-order valence-corrected chi connectivity index (χ0v) is 12.3. The fourth-order valence-electron chi connectivity index (χ4n) is 1.65. The molecule has 0 aliphatic heterocycles. The number of nitrogens with zero attached hydrogens (tertiary/aromatic N) is 2. The van der Waals surface area contributed by atoms with Crippen molar-refractivity contribution in [2.75, 3.05) is 7.11 Å². The van der Waals surface area contributed by atoms with Gasteiger partial charge in [-0.05, 0) is 18.2 Å². The van der Waals surface area contributed by atoms with E-state index in [4.69, 9.17) is 39.5 Å². The Morgan fingerprint density at radius 1 is 1.20 bits per heavy atom. The molecule has 0 aliphatic carbocycles. The van der Waals surface area contributed by atoms with E-state index in [0.717, 1.165) is 0 Å². The molecule has 0 aliphatic rings. The third kappa shape index (κ3) is 2.80. The molecule has 0 unspecified atom stereocenters. The quantitative estimate of drug-likeness (QED) is 0.607. The molecule has 0 fully saturated rings. The number of halogens is 3. The first-order chi connectivity index (χ1) is 9.43. The fourth-order valence-corrected chi connectivity index (χ4v) is 2.66. The molecule has 8 heteroatoms. The molecule has 0 saturated heterocycles. The van der Waals surface area contributed by atoms with E-state index < -0.39 is 4.92 Å². The van der Waals surface area contributed by atoms with Crippen LogP contribution in [0.4, 0.5) is 5.69 Å². The number of pyridine rings is 1. The molecule has 104 valence electrons. The Labute approximate surface area is 129 Å². The summed E-state index contributed by atoms with van der Waals surface area (Å²) in [5.74, 6) is -0.116. The highest BCUT2D eigenvalue weighted by Gasteiger charge is 2.19. The smallest absolute Gasteiger partial charge is 0.330 e. The molecule has 0 saturated carbocycles. The van der Waals surface area contributed by atoms with Crippen LogP contribution in [0.15, 0.2) is 24.3 Å². The number of nitro groups is 1. The second-order valence-corrected chi connectivity index (χ2v) is 4.98. The minimum atomic E-state index is -0.583. The number of hydrogen-bond donors (Lipinski definition) is 0. The summed E-state index contributed by atoms with van der Waals surface area (Å²) < 4.78 is 4.91. The van der Waals surface area contributed by atoms with E-state index in [1.54, 1.807) is 0 Å². The van der Waals surface area contributed by atoms with Gasteiger partial charge in [-0.1, -0.05) is 34.8 Å². The summed E-state index contributed by atoms with van der Waals surface area (Å²) in [5, 5.41) is 11.8. The van der Waals surface area contributed by atoms with Gasteiger partial charge < -0.3 is 4.74 Å². The van der Waals surface area contributed by atoms with Gasteiger partial charge in [-0.25, -0.2) is 4.98 Å². The number of benzene rings is 1. The lowest BCUT2D eigenvalue weighted by molar-refractivity contribution is -0.386. The molecular formula is C12H7Cl3N2O3. The molecular weight excluding hydrogens is 327 g/mol. The Bertz CT molecular complexity index is 669. The van der Waals surface area contributed by atoms with Crippen molar-refractivity contribution in [3.8, 4) is 17.1 Å². The van der Waals surface area contributed by atoms with Crippen molar-refractivity contribution in [3.05, 3.63) is 49.4 Å². The average Bonchev–Trinajstić information content (AvgIpc) is 2.37.